The predicted molar refractivity (Wildman–Crippen MR) is 122 cm³/mol. The van der Waals surface area contributed by atoms with E-state index in [2.05, 4.69) is 27.1 Å². The molecule has 0 aromatic heterocycles. The van der Waals surface area contributed by atoms with Crippen molar-refractivity contribution in [3.8, 4) is 0 Å². The largest absolute Gasteiger partial charge is 0.444 e. The van der Waals surface area contributed by atoms with Gasteiger partial charge in [-0.3, -0.25) is 19.9 Å². The Labute approximate surface area is 188 Å². The van der Waals surface area contributed by atoms with Crippen LogP contribution < -0.4 is 5.32 Å². The van der Waals surface area contributed by atoms with Crippen LogP contribution in [0, 0.1) is 0 Å². The van der Waals surface area contributed by atoms with E-state index in [-0.39, 0.29) is 5.91 Å². The van der Waals surface area contributed by atoms with Crippen LogP contribution in [-0.2, 0) is 9.53 Å². The van der Waals surface area contributed by atoms with Crippen LogP contribution in [0.15, 0.2) is 0 Å². The highest BCUT2D eigenvalue weighted by Crippen LogP contribution is 2.24. The highest BCUT2D eigenvalue weighted by Gasteiger charge is 2.45. The molecule has 3 heterocycles. The van der Waals surface area contributed by atoms with Crippen molar-refractivity contribution < 1.29 is 14.3 Å². The lowest BCUT2D eigenvalue weighted by Gasteiger charge is -2.47. The highest BCUT2D eigenvalue weighted by atomic mass is 16.6. The number of likely N-dealkylation sites (tertiary alicyclic amines) is 2. The van der Waals surface area contributed by atoms with Gasteiger partial charge in [0, 0.05) is 45.3 Å². The summed E-state index contributed by atoms with van der Waals surface area (Å²) in [7, 11) is 2.19. The Morgan fingerprint density at radius 2 is 1.42 bits per heavy atom. The number of carbonyl (C=O) groups excluding carboxylic acids is 2. The van der Waals surface area contributed by atoms with E-state index >= 15 is 0 Å². The molecule has 8 heteroatoms. The van der Waals surface area contributed by atoms with Crippen molar-refractivity contribution in [2.24, 2.45) is 0 Å². The second-order valence-corrected chi connectivity index (χ2v) is 10.6. The lowest BCUT2D eigenvalue weighted by atomic mass is 10.0. The van der Waals surface area contributed by atoms with Gasteiger partial charge in [-0.05, 0) is 73.5 Å². The summed E-state index contributed by atoms with van der Waals surface area (Å²) < 4.78 is 5.51. The Balaban J connectivity index is 1.64. The molecular weight excluding hydrogens is 394 g/mol. The Hall–Kier alpha value is -1.38. The molecule has 0 aromatic rings. The molecule has 0 radical (unpaired) electrons. The van der Waals surface area contributed by atoms with Crippen molar-refractivity contribution in [3.05, 3.63) is 0 Å². The molecule has 2 amide bonds. The molecule has 3 aliphatic heterocycles. The van der Waals surface area contributed by atoms with Crippen molar-refractivity contribution >= 4 is 12.0 Å². The van der Waals surface area contributed by atoms with E-state index in [0.717, 1.165) is 52.1 Å². The summed E-state index contributed by atoms with van der Waals surface area (Å²) in [4.78, 5) is 35.4. The maximum atomic E-state index is 13.7. The Kier molecular flexibility index (Phi) is 7.86. The average molecular weight is 438 g/mol. The number of piperazine rings is 1. The van der Waals surface area contributed by atoms with Crippen molar-refractivity contribution in [3.63, 3.8) is 0 Å². The molecular formula is C23H43N5O3. The zero-order chi connectivity index (χ0) is 22.6. The zero-order valence-electron chi connectivity index (χ0n) is 20.3. The quantitative estimate of drug-likeness (QED) is 0.725. The van der Waals surface area contributed by atoms with Crippen LogP contribution in [0.25, 0.3) is 0 Å². The number of alkyl carbamates (subject to hydrolysis) is 1. The topological polar surface area (TPSA) is 68.4 Å². The molecule has 0 bridgehead atoms. The first-order valence-electron chi connectivity index (χ1n) is 12.1. The van der Waals surface area contributed by atoms with E-state index in [0.29, 0.717) is 19.1 Å². The molecule has 1 atom stereocenters. The minimum absolute atomic E-state index is 0.0108. The summed E-state index contributed by atoms with van der Waals surface area (Å²) in [6, 6.07) is 0.627. The number of piperidine rings is 2. The molecule has 3 fully saturated rings. The Bertz CT molecular complexity index is 615. The third kappa shape index (κ3) is 6.33. The average Bonchev–Trinajstić information content (AvgIpc) is 2.73. The van der Waals surface area contributed by atoms with Gasteiger partial charge in [0.25, 0.3) is 5.91 Å². The second kappa shape index (κ2) is 10.0. The van der Waals surface area contributed by atoms with E-state index in [1.807, 2.05) is 32.6 Å². The van der Waals surface area contributed by atoms with E-state index in [9.17, 15) is 9.59 Å². The lowest BCUT2D eigenvalue weighted by Crippen LogP contribution is -2.69. The molecule has 0 saturated carbocycles. The first-order chi connectivity index (χ1) is 14.6. The lowest BCUT2D eigenvalue weighted by molar-refractivity contribution is -0.149. The molecule has 3 rings (SSSR count). The fourth-order valence-corrected chi connectivity index (χ4v) is 5.07. The molecule has 3 aliphatic rings. The summed E-state index contributed by atoms with van der Waals surface area (Å²) in [6.07, 6.45) is 5.14. The van der Waals surface area contributed by atoms with Gasteiger partial charge < -0.3 is 14.5 Å². The van der Waals surface area contributed by atoms with Crippen LogP contribution in [0.2, 0.25) is 0 Å². The molecule has 0 spiro atoms. The van der Waals surface area contributed by atoms with Crippen LogP contribution in [0.4, 0.5) is 4.79 Å². The summed E-state index contributed by atoms with van der Waals surface area (Å²) in [6.45, 7) is 14.5. The van der Waals surface area contributed by atoms with E-state index in [4.69, 9.17) is 4.74 Å². The Morgan fingerprint density at radius 1 is 0.839 bits per heavy atom. The standard InChI is InChI=1S/C23H43N5O3/c1-22(2,3)31-21(30)24-23(4,28-11-7-6-8-12-28)20(29)27-17-15-26(16-18-27)19-9-13-25(5)14-10-19/h19H,6-18H2,1-5H3,(H,24,30)/t23-/m0/s1. The van der Waals surface area contributed by atoms with Crippen LogP contribution in [0.3, 0.4) is 0 Å². The maximum Gasteiger partial charge on any atom is 0.409 e. The van der Waals surface area contributed by atoms with Gasteiger partial charge in [0.15, 0.2) is 5.66 Å². The van der Waals surface area contributed by atoms with Gasteiger partial charge in [-0.2, -0.15) is 0 Å². The minimum Gasteiger partial charge on any atom is -0.444 e. The minimum atomic E-state index is -1.07. The molecule has 0 unspecified atom stereocenters. The van der Waals surface area contributed by atoms with Crippen LogP contribution >= 0.6 is 0 Å². The maximum absolute atomic E-state index is 13.7. The van der Waals surface area contributed by atoms with Crippen LogP contribution in [0.5, 0.6) is 0 Å². The molecule has 1 N–H and O–H groups in total. The molecule has 8 nitrogen and oxygen atoms in total. The number of rotatable bonds is 4. The van der Waals surface area contributed by atoms with Gasteiger partial charge in [0.05, 0.1) is 0 Å². The number of hydrogen-bond acceptors (Lipinski definition) is 6. The van der Waals surface area contributed by atoms with Gasteiger partial charge in [-0.25, -0.2) is 4.79 Å². The molecule has 178 valence electrons. The van der Waals surface area contributed by atoms with Crippen molar-refractivity contribution in [1.29, 1.82) is 0 Å². The smallest absolute Gasteiger partial charge is 0.409 e. The number of nitrogens with one attached hydrogen (secondary N) is 1. The van der Waals surface area contributed by atoms with E-state index in [1.165, 1.54) is 19.3 Å². The normalized spacial score (nSPS) is 25.1. The van der Waals surface area contributed by atoms with Crippen molar-refractivity contribution in [1.82, 2.24) is 24.9 Å². The third-order valence-corrected chi connectivity index (χ3v) is 6.96. The number of hydrogen-bond donors (Lipinski definition) is 1. The van der Waals surface area contributed by atoms with Crippen LogP contribution in [0.1, 0.15) is 59.8 Å². The summed E-state index contributed by atoms with van der Waals surface area (Å²) >= 11 is 0. The Morgan fingerprint density at radius 3 is 1.97 bits per heavy atom. The van der Waals surface area contributed by atoms with Crippen molar-refractivity contribution in [2.45, 2.75) is 77.1 Å². The summed E-state index contributed by atoms with van der Waals surface area (Å²) in [5, 5.41) is 2.95. The SMILES string of the molecule is CN1CCC(N2CCN(C(=O)[C@@](C)(NC(=O)OC(C)(C)C)N3CCCCC3)CC2)CC1. The summed E-state index contributed by atoms with van der Waals surface area (Å²) in [5.74, 6) is -0.0108. The number of ether oxygens (including phenoxy) is 1. The number of carbonyl (C=O) groups is 2. The van der Waals surface area contributed by atoms with Gasteiger partial charge in [0.2, 0.25) is 0 Å². The van der Waals surface area contributed by atoms with Crippen molar-refractivity contribution in [2.75, 3.05) is 59.4 Å². The monoisotopic (exact) mass is 437 g/mol. The van der Waals surface area contributed by atoms with Gasteiger partial charge in [0.1, 0.15) is 5.60 Å². The zero-order valence-corrected chi connectivity index (χ0v) is 20.3. The van der Waals surface area contributed by atoms with Gasteiger partial charge in [-0.15, -0.1) is 0 Å². The first-order valence-corrected chi connectivity index (χ1v) is 12.1. The predicted octanol–water partition coefficient (Wildman–Crippen LogP) is 1.95. The molecule has 0 aromatic carbocycles. The van der Waals surface area contributed by atoms with Gasteiger partial charge >= 0.3 is 6.09 Å². The fourth-order valence-electron chi connectivity index (χ4n) is 5.07. The number of nitrogens with zero attached hydrogens (tertiary/aromatic N) is 4. The van der Waals surface area contributed by atoms with Crippen LogP contribution in [-0.4, -0.2) is 108 Å². The fraction of sp³-hybridized carbons (Fsp3) is 0.913. The van der Waals surface area contributed by atoms with Gasteiger partial charge in [-0.1, -0.05) is 6.42 Å². The third-order valence-electron chi connectivity index (χ3n) is 6.96. The summed E-state index contributed by atoms with van der Waals surface area (Å²) in [5.41, 5.74) is -1.67. The molecule has 31 heavy (non-hydrogen) atoms. The van der Waals surface area contributed by atoms with E-state index < -0.39 is 17.4 Å². The number of amides is 2. The van der Waals surface area contributed by atoms with E-state index in [1.54, 1.807) is 0 Å². The highest BCUT2D eigenvalue weighted by molar-refractivity contribution is 5.89. The molecule has 3 saturated heterocycles. The first kappa shape index (κ1) is 24.3. The second-order valence-electron chi connectivity index (χ2n) is 10.6. The molecule has 0 aliphatic carbocycles.